The van der Waals surface area contributed by atoms with Crippen molar-refractivity contribution < 1.29 is 19.0 Å². The lowest BCUT2D eigenvalue weighted by atomic mass is 10.1. The van der Waals surface area contributed by atoms with Crippen molar-refractivity contribution in [1.29, 1.82) is 0 Å². The molecule has 0 bridgehead atoms. The van der Waals surface area contributed by atoms with Gasteiger partial charge in [0.1, 0.15) is 11.8 Å². The molecule has 1 atom stereocenters. The Morgan fingerprint density at radius 2 is 1.76 bits per heavy atom. The van der Waals surface area contributed by atoms with Gasteiger partial charge in [-0.1, -0.05) is 24.3 Å². The molecule has 0 heterocycles. The fraction of sp³-hybridized carbons (Fsp3) is 0.188. The maximum absolute atomic E-state index is 11.5. The van der Waals surface area contributed by atoms with Gasteiger partial charge in [0.15, 0.2) is 11.5 Å². The van der Waals surface area contributed by atoms with Gasteiger partial charge in [-0.15, -0.1) is 0 Å². The van der Waals surface area contributed by atoms with Crippen molar-refractivity contribution in [3.05, 3.63) is 54.1 Å². The molecule has 1 unspecified atom stereocenters. The lowest BCUT2D eigenvalue weighted by molar-refractivity contribution is -0.142. The molecule has 2 rings (SSSR count). The van der Waals surface area contributed by atoms with E-state index in [1.54, 1.807) is 43.5 Å². The standard InChI is InChI=1S/C16H17NO4/c1-19-13-8-3-4-9-14(13)21-12-7-5-6-11(10-12)15(17)16(18)20-2/h3-10,15H,17H2,1-2H3. The molecule has 5 nitrogen and oxygen atoms in total. The first-order chi connectivity index (χ1) is 10.2. The topological polar surface area (TPSA) is 70.8 Å². The quantitative estimate of drug-likeness (QED) is 0.856. The van der Waals surface area contributed by atoms with Gasteiger partial charge in [-0.3, -0.25) is 4.79 Å². The van der Waals surface area contributed by atoms with Crippen LogP contribution < -0.4 is 15.2 Å². The number of rotatable bonds is 5. The zero-order valence-electron chi connectivity index (χ0n) is 11.9. The summed E-state index contributed by atoms with van der Waals surface area (Å²) >= 11 is 0. The Morgan fingerprint density at radius 1 is 1.05 bits per heavy atom. The minimum atomic E-state index is -0.837. The van der Waals surface area contributed by atoms with E-state index in [1.807, 2.05) is 12.1 Å². The largest absolute Gasteiger partial charge is 0.493 e. The highest BCUT2D eigenvalue weighted by Gasteiger charge is 2.16. The minimum Gasteiger partial charge on any atom is -0.493 e. The third-order valence-corrected chi connectivity index (χ3v) is 2.97. The number of nitrogens with two attached hydrogens (primary N) is 1. The summed E-state index contributed by atoms with van der Waals surface area (Å²) < 4.78 is 15.6. The molecular formula is C16H17NO4. The van der Waals surface area contributed by atoms with E-state index in [1.165, 1.54) is 7.11 Å². The Kier molecular flexibility index (Phi) is 4.79. The molecule has 110 valence electrons. The molecule has 0 saturated carbocycles. The first-order valence-electron chi connectivity index (χ1n) is 6.40. The second-order valence-electron chi connectivity index (χ2n) is 4.33. The molecule has 0 aliphatic heterocycles. The monoisotopic (exact) mass is 287 g/mol. The Bertz CT molecular complexity index is 627. The molecular weight excluding hydrogens is 270 g/mol. The Hall–Kier alpha value is -2.53. The molecule has 0 aliphatic carbocycles. The maximum atomic E-state index is 11.5. The van der Waals surface area contributed by atoms with Gasteiger partial charge in [0.25, 0.3) is 0 Å². The van der Waals surface area contributed by atoms with E-state index in [-0.39, 0.29) is 0 Å². The van der Waals surface area contributed by atoms with E-state index < -0.39 is 12.0 Å². The van der Waals surface area contributed by atoms with Crippen molar-refractivity contribution in [1.82, 2.24) is 0 Å². The van der Waals surface area contributed by atoms with Gasteiger partial charge in [-0.05, 0) is 29.8 Å². The average Bonchev–Trinajstić information content (AvgIpc) is 2.54. The highest BCUT2D eigenvalue weighted by Crippen LogP contribution is 2.31. The van der Waals surface area contributed by atoms with Crippen molar-refractivity contribution in [2.75, 3.05) is 14.2 Å². The van der Waals surface area contributed by atoms with Gasteiger partial charge < -0.3 is 19.9 Å². The van der Waals surface area contributed by atoms with Gasteiger partial charge in [0.2, 0.25) is 0 Å². The average molecular weight is 287 g/mol. The molecule has 0 fully saturated rings. The molecule has 21 heavy (non-hydrogen) atoms. The first-order valence-corrected chi connectivity index (χ1v) is 6.40. The number of methoxy groups -OCH3 is 2. The number of hydrogen-bond donors (Lipinski definition) is 1. The van der Waals surface area contributed by atoms with Gasteiger partial charge in [0.05, 0.1) is 14.2 Å². The number of esters is 1. The van der Waals surface area contributed by atoms with Crippen LogP contribution in [0.2, 0.25) is 0 Å². The van der Waals surface area contributed by atoms with Crippen molar-refractivity contribution in [3.63, 3.8) is 0 Å². The van der Waals surface area contributed by atoms with Crippen LogP contribution in [0.25, 0.3) is 0 Å². The van der Waals surface area contributed by atoms with Crippen molar-refractivity contribution in [2.45, 2.75) is 6.04 Å². The van der Waals surface area contributed by atoms with Crippen LogP contribution >= 0.6 is 0 Å². The molecule has 2 aromatic rings. The van der Waals surface area contributed by atoms with Gasteiger partial charge >= 0.3 is 5.97 Å². The van der Waals surface area contributed by atoms with E-state index in [9.17, 15) is 4.79 Å². The lowest BCUT2D eigenvalue weighted by Gasteiger charge is -2.13. The fourth-order valence-electron chi connectivity index (χ4n) is 1.86. The molecule has 5 heteroatoms. The minimum absolute atomic E-state index is 0.496. The van der Waals surface area contributed by atoms with Crippen molar-refractivity contribution in [3.8, 4) is 17.2 Å². The highest BCUT2D eigenvalue weighted by molar-refractivity contribution is 5.77. The van der Waals surface area contributed by atoms with E-state index in [2.05, 4.69) is 4.74 Å². The molecule has 2 aromatic carbocycles. The molecule has 0 spiro atoms. The number of ether oxygens (including phenoxy) is 3. The van der Waals surface area contributed by atoms with Crippen LogP contribution in [0, 0.1) is 0 Å². The summed E-state index contributed by atoms with van der Waals surface area (Å²) in [7, 11) is 2.88. The Morgan fingerprint density at radius 3 is 2.43 bits per heavy atom. The van der Waals surface area contributed by atoms with Crippen molar-refractivity contribution in [2.24, 2.45) is 5.73 Å². The second kappa shape index (κ2) is 6.76. The Labute approximate surface area is 123 Å². The first kappa shape index (κ1) is 14.9. The molecule has 0 saturated heterocycles. The van der Waals surface area contributed by atoms with E-state index in [0.717, 1.165) is 0 Å². The summed E-state index contributed by atoms with van der Waals surface area (Å²) in [6, 6.07) is 13.5. The Balaban J connectivity index is 2.24. The summed E-state index contributed by atoms with van der Waals surface area (Å²) in [4.78, 5) is 11.5. The van der Waals surface area contributed by atoms with Gasteiger partial charge in [0, 0.05) is 0 Å². The van der Waals surface area contributed by atoms with E-state index in [4.69, 9.17) is 15.2 Å². The van der Waals surface area contributed by atoms with Crippen LogP contribution in [0.4, 0.5) is 0 Å². The van der Waals surface area contributed by atoms with E-state index >= 15 is 0 Å². The molecule has 0 amide bonds. The van der Waals surface area contributed by atoms with Gasteiger partial charge in [-0.25, -0.2) is 0 Å². The fourth-order valence-corrected chi connectivity index (χ4v) is 1.86. The van der Waals surface area contributed by atoms with E-state index in [0.29, 0.717) is 22.8 Å². The smallest absolute Gasteiger partial charge is 0.327 e. The lowest BCUT2D eigenvalue weighted by Crippen LogP contribution is -2.22. The number of hydrogen-bond acceptors (Lipinski definition) is 5. The summed E-state index contributed by atoms with van der Waals surface area (Å²) in [5, 5.41) is 0. The molecule has 0 aliphatic rings. The van der Waals surface area contributed by atoms with Crippen LogP contribution in [-0.2, 0) is 9.53 Å². The zero-order chi connectivity index (χ0) is 15.2. The summed E-state index contributed by atoms with van der Waals surface area (Å²) in [5.41, 5.74) is 6.43. The van der Waals surface area contributed by atoms with Crippen LogP contribution in [0.1, 0.15) is 11.6 Å². The molecule has 0 radical (unpaired) electrons. The van der Waals surface area contributed by atoms with Crippen LogP contribution in [0.3, 0.4) is 0 Å². The zero-order valence-corrected chi connectivity index (χ0v) is 11.9. The third kappa shape index (κ3) is 3.52. The predicted octanol–water partition coefficient (Wildman–Crippen LogP) is 2.66. The number of carbonyl (C=O) groups is 1. The van der Waals surface area contributed by atoms with Crippen molar-refractivity contribution >= 4 is 5.97 Å². The number of para-hydroxylation sites is 2. The van der Waals surface area contributed by atoms with Crippen LogP contribution in [-0.4, -0.2) is 20.2 Å². The van der Waals surface area contributed by atoms with Crippen LogP contribution in [0.5, 0.6) is 17.2 Å². The molecule has 0 aromatic heterocycles. The van der Waals surface area contributed by atoms with Crippen LogP contribution in [0.15, 0.2) is 48.5 Å². The second-order valence-corrected chi connectivity index (χ2v) is 4.33. The SMILES string of the molecule is COC(=O)C(N)c1cccc(Oc2ccccc2OC)c1. The summed E-state index contributed by atoms with van der Waals surface area (Å²) in [6.07, 6.45) is 0. The summed E-state index contributed by atoms with van der Waals surface area (Å²) in [5.74, 6) is 1.28. The van der Waals surface area contributed by atoms with Gasteiger partial charge in [-0.2, -0.15) is 0 Å². The number of carbonyl (C=O) groups excluding carboxylic acids is 1. The molecule has 2 N–H and O–H groups in total. The third-order valence-electron chi connectivity index (χ3n) is 2.97. The summed E-state index contributed by atoms with van der Waals surface area (Å²) in [6.45, 7) is 0. The highest BCUT2D eigenvalue weighted by atomic mass is 16.5. The maximum Gasteiger partial charge on any atom is 0.327 e. The number of benzene rings is 2. The normalized spacial score (nSPS) is 11.6. The predicted molar refractivity (Wildman–Crippen MR) is 78.5 cm³/mol.